The summed E-state index contributed by atoms with van der Waals surface area (Å²) >= 11 is 0. The van der Waals surface area contributed by atoms with Crippen LogP contribution < -0.4 is 0 Å². The van der Waals surface area contributed by atoms with Gasteiger partial charge in [0.15, 0.2) is 0 Å². The first-order valence-corrected chi connectivity index (χ1v) is 15.2. The molecule has 3 nitrogen and oxygen atoms in total. The highest BCUT2D eigenvalue weighted by atomic mass is 28.4. The molecule has 0 radical (unpaired) electrons. The third-order valence-electron chi connectivity index (χ3n) is 6.31. The molecule has 0 aromatic carbocycles. The Morgan fingerprint density at radius 3 is 1.67 bits per heavy atom. The molecule has 0 rings (SSSR count). The third kappa shape index (κ3) is 5.70. The van der Waals surface area contributed by atoms with Crippen molar-refractivity contribution in [1.82, 2.24) is 4.57 Å². The second-order valence-corrected chi connectivity index (χ2v) is 20.8. The van der Waals surface area contributed by atoms with E-state index in [-0.39, 0.29) is 22.1 Å². The van der Waals surface area contributed by atoms with Crippen molar-refractivity contribution >= 4 is 22.5 Å². The molecule has 5 heteroatoms. The van der Waals surface area contributed by atoms with Crippen molar-refractivity contribution in [3.63, 3.8) is 0 Å². The van der Waals surface area contributed by atoms with Gasteiger partial charge in [-0.2, -0.15) is 0 Å². The van der Waals surface area contributed by atoms with Crippen LogP contribution in [0.15, 0.2) is 0 Å². The van der Waals surface area contributed by atoms with E-state index in [2.05, 4.69) is 93.2 Å². The highest BCUT2D eigenvalue weighted by Crippen LogP contribution is 2.40. The van der Waals surface area contributed by atoms with E-state index in [0.717, 1.165) is 6.42 Å². The SMILES string of the molecule is CC(C)CC(C(=O)O[Si](C)(C)C(C)(C)C)N(C)[Si](C)(C)C(C)(C)C. The van der Waals surface area contributed by atoms with Crippen molar-refractivity contribution in [2.24, 2.45) is 5.92 Å². The van der Waals surface area contributed by atoms with Crippen LogP contribution in [0.4, 0.5) is 0 Å². The summed E-state index contributed by atoms with van der Waals surface area (Å²) in [7, 11) is -1.73. The summed E-state index contributed by atoms with van der Waals surface area (Å²) in [5.41, 5.74) is 0. The van der Waals surface area contributed by atoms with Crippen LogP contribution in [-0.2, 0) is 9.22 Å². The topological polar surface area (TPSA) is 29.5 Å². The molecule has 0 N–H and O–H groups in total. The van der Waals surface area contributed by atoms with Gasteiger partial charge >= 0.3 is 5.97 Å². The van der Waals surface area contributed by atoms with Crippen molar-refractivity contribution in [1.29, 1.82) is 0 Å². The van der Waals surface area contributed by atoms with Gasteiger partial charge in [0.05, 0.1) is 0 Å². The third-order valence-corrected chi connectivity index (χ3v) is 16.4. The summed E-state index contributed by atoms with van der Waals surface area (Å²) in [5, 5.41) is 0.245. The molecule has 0 aromatic heterocycles. The lowest BCUT2D eigenvalue weighted by atomic mass is 10.0. The maximum Gasteiger partial charge on any atom is 0.309 e. The number of likely N-dealkylation sites (N-methyl/N-ethyl adjacent to an activating group) is 1. The van der Waals surface area contributed by atoms with Crippen molar-refractivity contribution in [2.45, 2.75) is 104 Å². The quantitative estimate of drug-likeness (QED) is 0.544. The number of nitrogens with zero attached hydrogens (tertiary/aromatic N) is 1. The molecule has 24 heavy (non-hydrogen) atoms. The van der Waals surface area contributed by atoms with Gasteiger partial charge in [0.1, 0.15) is 14.3 Å². The number of hydrogen-bond acceptors (Lipinski definition) is 3. The average molecular weight is 374 g/mol. The van der Waals surface area contributed by atoms with Gasteiger partial charge in [-0.05, 0) is 42.6 Å². The van der Waals surface area contributed by atoms with Crippen molar-refractivity contribution in [2.75, 3.05) is 7.05 Å². The van der Waals surface area contributed by atoms with Gasteiger partial charge < -0.3 is 8.99 Å². The number of rotatable bonds is 6. The smallest absolute Gasteiger partial charge is 0.309 e. The summed E-state index contributed by atoms with van der Waals surface area (Å²) < 4.78 is 8.55. The molecular formula is C19H43NO2Si2. The first kappa shape index (κ1) is 23.9. The van der Waals surface area contributed by atoms with Crippen LogP contribution in [0.25, 0.3) is 0 Å². The first-order valence-electron chi connectivity index (χ1n) is 9.30. The Labute approximate surface area is 153 Å². The second-order valence-electron chi connectivity index (χ2n) is 10.7. The molecule has 0 bridgehead atoms. The van der Waals surface area contributed by atoms with E-state index in [0.29, 0.717) is 5.92 Å². The molecule has 0 spiro atoms. The van der Waals surface area contributed by atoms with Crippen LogP contribution in [0, 0.1) is 5.92 Å². The second kappa shape index (κ2) is 7.62. The van der Waals surface area contributed by atoms with Gasteiger partial charge in [-0.25, -0.2) is 0 Å². The van der Waals surface area contributed by atoms with Crippen LogP contribution in [0.3, 0.4) is 0 Å². The minimum absolute atomic E-state index is 0.0115. The molecule has 0 fully saturated rings. The molecule has 0 aliphatic carbocycles. The lowest BCUT2D eigenvalue weighted by molar-refractivity contribution is -0.140. The van der Waals surface area contributed by atoms with Crippen LogP contribution in [0.1, 0.15) is 61.8 Å². The van der Waals surface area contributed by atoms with E-state index in [1.165, 1.54) is 0 Å². The Morgan fingerprint density at radius 2 is 1.38 bits per heavy atom. The predicted octanol–water partition coefficient (Wildman–Crippen LogP) is 5.89. The summed E-state index contributed by atoms with van der Waals surface area (Å²) in [6.07, 6.45) is 0.858. The zero-order valence-corrected chi connectivity index (χ0v) is 20.6. The van der Waals surface area contributed by atoms with Gasteiger partial charge in [-0.1, -0.05) is 68.5 Å². The van der Waals surface area contributed by atoms with E-state index in [9.17, 15) is 4.79 Å². The molecule has 0 aliphatic heterocycles. The van der Waals surface area contributed by atoms with Crippen molar-refractivity contribution in [3.05, 3.63) is 0 Å². The fraction of sp³-hybridized carbons (Fsp3) is 0.947. The number of carbonyl (C=O) groups is 1. The molecule has 0 aliphatic rings. The van der Waals surface area contributed by atoms with E-state index in [1.807, 2.05) is 0 Å². The maximum atomic E-state index is 13.1. The van der Waals surface area contributed by atoms with Crippen molar-refractivity contribution in [3.8, 4) is 0 Å². The standard InChI is InChI=1S/C19H43NO2Si2/c1-15(2)14-16(20(9)23(10,11)18(3,4)5)17(21)22-24(12,13)19(6,7)8/h15-16H,14H2,1-13H3. The van der Waals surface area contributed by atoms with Crippen LogP contribution >= 0.6 is 0 Å². The maximum absolute atomic E-state index is 13.1. The number of carbonyl (C=O) groups excluding carboxylic acids is 1. The van der Waals surface area contributed by atoms with Gasteiger partial charge in [0, 0.05) is 0 Å². The van der Waals surface area contributed by atoms with Gasteiger partial charge in [0.2, 0.25) is 0 Å². The molecule has 0 amide bonds. The minimum atomic E-state index is -2.09. The summed E-state index contributed by atoms with van der Waals surface area (Å²) in [6, 6.07) is -0.139. The van der Waals surface area contributed by atoms with Crippen LogP contribution in [0.2, 0.25) is 36.3 Å². The van der Waals surface area contributed by atoms with Gasteiger partial charge in [-0.15, -0.1) is 0 Å². The van der Waals surface area contributed by atoms with Gasteiger partial charge in [-0.3, -0.25) is 4.79 Å². The largest absolute Gasteiger partial charge is 0.518 e. The highest BCUT2D eigenvalue weighted by Gasteiger charge is 2.47. The Balaban J connectivity index is 5.61. The Bertz CT molecular complexity index is 432. The molecule has 0 saturated heterocycles. The molecular weight excluding hydrogens is 330 g/mol. The molecule has 144 valence electrons. The van der Waals surface area contributed by atoms with Gasteiger partial charge in [0.25, 0.3) is 8.32 Å². The Hall–Kier alpha value is -0.136. The van der Waals surface area contributed by atoms with Crippen LogP contribution in [-0.4, -0.2) is 40.2 Å². The first-order chi connectivity index (χ1) is 10.3. The van der Waals surface area contributed by atoms with Crippen LogP contribution in [0.5, 0.6) is 0 Å². The summed E-state index contributed by atoms with van der Waals surface area (Å²) in [5.74, 6) is 0.455. The van der Waals surface area contributed by atoms with E-state index in [1.54, 1.807) is 0 Å². The number of hydrogen-bond donors (Lipinski definition) is 0. The highest BCUT2D eigenvalue weighted by molar-refractivity contribution is 6.78. The summed E-state index contributed by atoms with van der Waals surface area (Å²) in [4.78, 5) is 13.1. The molecule has 1 atom stereocenters. The zero-order valence-electron chi connectivity index (χ0n) is 18.6. The lowest BCUT2D eigenvalue weighted by Gasteiger charge is -2.48. The van der Waals surface area contributed by atoms with E-state index in [4.69, 9.17) is 4.43 Å². The normalized spacial score (nSPS) is 15.8. The molecule has 0 saturated carbocycles. The zero-order chi connectivity index (χ0) is 19.7. The van der Waals surface area contributed by atoms with E-state index >= 15 is 0 Å². The fourth-order valence-electron chi connectivity index (χ4n) is 2.25. The minimum Gasteiger partial charge on any atom is -0.518 e. The fourth-order valence-corrected chi connectivity index (χ4v) is 5.24. The molecule has 1 unspecified atom stereocenters. The van der Waals surface area contributed by atoms with E-state index < -0.39 is 16.6 Å². The predicted molar refractivity (Wildman–Crippen MR) is 111 cm³/mol. The Morgan fingerprint density at radius 1 is 0.958 bits per heavy atom. The Kier molecular flexibility index (Phi) is 7.58. The summed E-state index contributed by atoms with van der Waals surface area (Å²) in [6.45, 7) is 26.8. The lowest BCUT2D eigenvalue weighted by Crippen LogP contribution is -2.60. The monoisotopic (exact) mass is 373 g/mol. The van der Waals surface area contributed by atoms with Crippen molar-refractivity contribution < 1.29 is 9.22 Å². The molecule has 0 aromatic rings. The molecule has 0 heterocycles. The average Bonchev–Trinajstić information content (AvgIpc) is 2.31.